The molecule has 0 saturated heterocycles. The largest absolute Gasteiger partial charge is 0.511 e. The van der Waals surface area contributed by atoms with E-state index in [0.717, 1.165) is 41.9 Å². The number of rotatable bonds is 11. The van der Waals surface area contributed by atoms with Crippen molar-refractivity contribution in [2.75, 3.05) is 6.61 Å². The molecular weight excluding hydrogens is 550 g/mol. The van der Waals surface area contributed by atoms with Crippen molar-refractivity contribution in [2.45, 2.75) is 44.1 Å². The van der Waals surface area contributed by atoms with Gasteiger partial charge in [0.1, 0.15) is 5.75 Å². The normalized spacial score (nSPS) is 15.5. The van der Waals surface area contributed by atoms with Gasteiger partial charge < -0.3 is 39.6 Å². The first-order valence-corrected chi connectivity index (χ1v) is 13.2. The summed E-state index contributed by atoms with van der Waals surface area (Å²) in [5.41, 5.74) is 0.749. The van der Waals surface area contributed by atoms with Crippen LogP contribution in [0.1, 0.15) is 53.6 Å². The minimum absolute atomic E-state index is 0.388. The van der Waals surface area contributed by atoms with E-state index in [9.17, 15) is 24.3 Å². The highest BCUT2D eigenvalue weighted by Crippen LogP contribution is 2.41. The Balaban J connectivity index is 1.64. The molecule has 1 aliphatic rings. The standard InChI is InChI=1S/C30H29NO11/c32-26(21-17-24(41-28(35)36)25(42-29(37)38)18-23(21)40-27(33)34)31-30(15-8-10-19-9-4-5-13-22(19)30)14-6-7-16-39-20-11-2-1-3-12-20/h1-5,9,11-13,17-18H,6-8,10,14-16H2,(H,31,32)(H,33,34)(H,35,36)(H,37,38)/t30-/m1/s1. The number of carbonyl (C=O) groups excluding carboxylic acids is 1. The second-order valence-electron chi connectivity index (χ2n) is 9.56. The Bertz CT molecular complexity index is 1460. The van der Waals surface area contributed by atoms with E-state index in [4.69, 9.17) is 19.7 Å². The van der Waals surface area contributed by atoms with Gasteiger partial charge in [-0.25, -0.2) is 14.4 Å². The second-order valence-corrected chi connectivity index (χ2v) is 9.56. The minimum Gasteiger partial charge on any atom is -0.494 e. The average molecular weight is 580 g/mol. The molecule has 0 unspecified atom stereocenters. The van der Waals surface area contributed by atoms with E-state index in [1.807, 2.05) is 54.6 Å². The summed E-state index contributed by atoms with van der Waals surface area (Å²) >= 11 is 0. The molecule has 0 aliphatic heterocycles. The summed E-state index contributed by atoms with van der Waals surface area (Å²) in [6.07, 6.45) is -1.33. The van der Waals surface area contributed by atoms with Gasteiger partial charge in [-0.3, -0.25) is 4.79 Å². The van der Waals surface area contributed by atoms with Gasteiger partial charge in [-0.2, -0.15) is 0 Å². The first-order valence-electron chi connectivity index (χ1n) is 13.2. The number of hydrogen-bond donors (Lipinski definition) is 4. The van der Waals surface area contributed by atoms with Gasteiger partial charge in [0.15, 0.2) is 17.2 Å². The van der Waals surface area contributed by atoms with Crippen LogP contribution in [0.2, 0.25) is 0 Å². The van der Waals surface area contributed by atoms with E-state index in [0.29, 0.717) is 32.3 Å². The molecule has 0 bridgehead atoms. The van der Waals surface area contributed by atoms with E-state index < -0.39 is 47.2 Å². The number of aryl methyl sites for hydroxylation is 1. The number of carboxylic acid groups (broad SMARTS) is 3. The molecule has 4 N–H and O–H groups in total. The summed E-state index contributed by atoms with van der Waals surface area (Å²) in [6, 6.07) is 18.8. The number of carbonyl (C=O) groups is 4. The monoisotopic (exact) mass is 579 g/mol. The van der Waals surface area contributed by atoms with Crippen LogP contribution in [0.5, 0.6) is 23.0 Å². The van der Waals surface area contributed by atoms with Crippen LogP contribution < -0.4 is 24.3 Å². The Labute approximate surface area is 240 Å². The molecule has 12 heteroatoms. The third-order valence-corrected chi connectivity index (χ3v) is 6.83. The van der Waals surface area contributed by atoms with E-state index in [-0.39, 0.29) is 5.56 Å². The number of amides is 1. The van der Waals surface area contributed by atoms with Gasteiger partial charge in [-0.05, 0) is 61.8 Å². The number of para-hydroxylation sites is 1. The summed E-state index contributed by atoms with van der Waals surface area (Å²) < 4.78 is 19.7. The molecule has 220 valence electrons. The number of unbranched alkanes of at least 4 members (excludes halogenated alkanes) is 1. The Morgan fingerprint density at radius 1 is 0.762 bits per heavy atom. The molecule has 1 amide bonds. The lowest BCUT2D eigenvalue weighted by molar-refractivity contribution is 0.0868. The number of ether oxygens (including phenoxy) is 4. The van der Waals surface area contributed by atoms with Gasteiger partial charge >= 0.3 is 18.5 Å². The molecule has 3 aromatic carbocycles. The number of hydrogen-bond acceptors (Lipinski definition) is 8. The Kier molecular flexibility index (Phi) is 9.48. The molecule has 0 radical (unpaired) electrons. The third-order valence-electron chi connectivity index (χ3n) is 6.83. The summed E-state index contributed by atoms with van der Waals surface area (Å²) in [7, 11) is 0. The fourth-order valence-electron chi connectivity index (χ4n) is 5.14. The van der Waals surface area contributed by atoms with Crippen LogP contribution in [0.25, 0.3) is 0 Å². The van der Waals surface area contributed by atoms with E-state index in [1.54, 1.807) is 0 Å². The van der Waals surface area contributed by atoms with Gasteiger partial charge in [0, 0.05) is 12.1 Å². The maximum Gasteiger partial charge on any atom is 0.511 e. The molecule has 0 heterocycles. The number of benzene rings is 3. The van der Waals surface area contributed by atoms with Crippen LogP contribution in [0.15, 0.2) is 66.7 Å². The highest BCUT2D eigenvalue weighted by Gasteiger charge is 2.38. The molecule has 1 atom stereocenters. The predicted molar refractivity (Wildman–Crippen MR) is 147 cm³/mol. The second kappa shape index (κ2) is 13.4. The van der Waals surface area contributed by atoms with Crippen LogP contribution in [0, 0.1) is 0 Å². The van der Waals surface area contributed by atoms with E-state index in [1.165, 1.54) is 0 Å². The average Bonchev–Trinajstić information content (AvgIpc) is 2.94. The molecular formula is C30H29NO11. The first-order chi connectivity index (χ1) is 20.2. The lowest BCUT2D eigenvalue weighted by atomic mass is 9.73. The quantitative estimate of drug-likeness (QED) is 0.118. The fraction of sp³-hybridized carbons (Fsp3) is 0.267. The van der Waals surface area contributed by atoms with Gasteiger partial charge in [0.2, 0.25) is 0 Å². The third kappa shape index (κ3) is 7.47. The van der Waals surface area contributed by atoms with Gasteiger partial charge in [-0.1, -0.05) is 42.5 Å². The summed E-state index contributed by atoms with van der Waals surface area (Å²) in [4.78, 5) is 47.6. The minimum atomic E-state index is -1.82. The van der Waals surface area contributed by atoms with E-state index >= 15 is 0 Å². The predicted octanol–water partition coefficient (Wildman–Crippen LogP) is 6.07. The van der Waals surface area contributed by atoms with Crippen LogP contribution in [0.3, 0.4) is 0 Å². The van der Waals surface area contributed by atoms with Gasteiger partial charge in [-0.15, -0.1) is 0 Å². The zero-order valence-corrected chi connectivity index (χ0v) is 22.4. The molecule has 0 fully saturated rings. The topological polar surface area (TPSA) is 178 Å². The Morgan fingerprint density at radius 3 is 2.07 bits per heavy atom. The van der Waals surface area contributed by atoms with Crippen LogP contribution in [-0.4, -0.2) is 46.3 Å². The molecule has 0 spiro atoms. The molecule has 42 heavy (non-hydrogen) atoms. The smallest absolute Gasteiger partial charge is 0.494 e. The highest BCUT2D eigenvalue weighted by atomic mass is 16.7. The van der Waals surface area contributed by atoms with Crippen molar-refractivity contribution in [3.63, 3.8) is 0 Å². The van der Waals surface area contributed by atoms with Crippen LogP contribution in [0.4, 0.5) is 14.4 Å². The first kappa shape index (κ1) is 29.7. The van der Waals surface area contributed by atoms with Crippen molar-refractivity contribution < 1.29 is 53.4 Å². The Hall–Kier alpha value is -5.26. The van der Waals surface area contributed by atoms with Crippen molar-refractivity contribution in [1.82, 2.24) is 5.32 Å². The highest BCUT2D eigenvalue weighted by molar-refractivity contribution is 5.99. The molecule has 4 rings (SSSR count). The van der Waals surface area contributed by atoms with Crippen molar-refractivity contribution in [3.05, 3.63) is 83.4 Å². The maximum atomic E-state index is 13.8. The SMILES string of the molecule is O=C(O)Oc1cc(OC(=O)O)c(C(=O)N[C@]2(CCCCOc3ccccc3)CCCc3ccccc32)cc1OC(=O)O. The number of nitrogens with one attached hydrogen (secondary N) is 1. The molecule has 1 aliphatic carbocycles. The molecule has 0 aromatic heterocycles. The van der Waals surface area contributed by atoms with Crippen molar-refractivity contribution >= 4 is 24.4 Å². The summed E-state index contributed by atoms with van der Waals surface area (Å²) in [5.74, 6) is -1.90. The van der Waals surface area contributed by atoms with Gasteiger partial charge in [0.05, 0.1) is 17.7 Å². The van der Waals surface area contributed by atoms with Gasteiger partial charge in [0.25, 0.3) is 5.91 Å². The Morgan fingerprint density at radius 2 is 1.38 bits per heavy atom. The van der Waals surface area contributed by atoms with Crippen molar-refractivity contribution in [3.8, 4) is 23.0 Å². The lowest BCUT2D eigenvalue weighted by Crippen LogP contribution is -2.48. The zero-order valence-electron chi connectivity index (χ0n) is 22.4. The number of fused-ring (bicyclic) bond motifs is 1. The molecule has 0 saturated carbocycles. The maximum absolute atomic E-state index is 13.8. The van der Waals surface area contributed by atoms with Crippen LogP contribution >= 0.6 is 0 Å². The van der Waals surface area contributed by atoms with Crippen molar-refractivity contribution in [2.24, 2.45) is 0 Å². The van der Waals surface area contributed by atoms with Crippen molar-refractivity contribution in [1.29, 1.82) is 0 Å². The lowest BCUT2D eigenvalue weighted by Gasteiger charge is -2.40. The fourth-order valence-corrected chi connectivity index (χ4v) is 5.14. The zero-order chi connectivity index (χ0) is 30.1. The van der Waals surface area contributed by atoms with Crippen LogP contribution in [-0.2, 0) is 12.0 Å². The molecule has 12 nitrogen and oxygen atoms in total. The summed E-state index contributed by atoms with van der Waals surface area (Å²) in [5, 5.41) is 30.5. The molecule has 3 aromatic rings. The summed E-state index contributed by atoms with van der Waals surface area (Å²) in [6.45, 7) is 0.465. The van der Waals surface area contributed by atoms with E-state index in [2.05, 4.69) is 14.8 Å².